The zero-order chi connectivity index (χ0) is 14.6. The Morgan fingerprint density at radius 2 is 2.00 bits per heavy atom. The highest BCUT2D eigenvalue weighted by Crippen LogP contribution is 2.48. The Morgan fingerprint density at radius 3 is 2.57 bits per heavy atom. The molecule has 114 valence electrons. The van der Waals surface area contributed by atoms with Crippen molar-refractivity contribution in [3.8, 4) is 0 Å². The van der Waals surface area contributed by atoms with Crippen LogP contribution in [-0.4, -0.2) is 33.6 Å². The van der Waals surface area contributed by atoms with E-state index < -0.39 is 0 Å². The number of carbonyl (C=O) groups is 1. The van der Waals surface area contributed by atoms with Crippen LogP contribution in [0.25, 0.3) is 0 Å². The Hall–Kier alpha value is -0.910. The van der Waals surface area contributed by atoms with E-state index in [4.69, 9.17) is 0 Å². The average molecular weight is 306 g/mol. The zero-order valence-electron chi connectivity index (χ0n) is 12.3. The van der Waals surface area contributed by atoms with Gasteiger partial charge in [0.2, 0.25) is 5.91 Å². The molecule has 2 N–H and O–H groups in total. The van der Waals surface area contributed by atoms with Crippen LogP contribution in [-0.2, 0) is 4.79 Å². The van der Waals surface area contributed by atoms with Crippen molar-refractivity contribution in [1.82, 2.24) is 10.2 Å². The van der Waals surface area contributed by atoms with Crippen molar-refractivity contribution in [1.29, 1.82) is 0 Å². The first-order chi connectivity index (χ1) is 10.1. The highest BCUT2D eigenvalue weighted by Gasteiger charge is 2.60. The van der Waals surface area contributed by atoms with E-state index in [9.17, 15) is 9.90 Å². The molecule has 3 fully saturated rings. The molecule has 1 aromatic rings. The molecule has 1 atom stereocenters. The fourth-order valence-electron chi connectivity index (χ4n) is 3.76. The van der Waals surface area contributed by atoms with Crippen molar-refractivity contribution in [3.05, 3.63) is 21.9 Å². The van der Waals surface area contributed by atoms with E-state index in [2.05, 4.69) is 29.3 Å². The number of amides is 1. The summed E-state index contributed by atoms with van der Waals surface area (Å²) in [4.78, 5) is 17.5. The first-order valence-corrected chi connectivity index (χ1v) is 8.76. The van der Waals surface area contributed by atoms with Gasteiger partial charge in [0.1, 0.15) is 11.7 Å². The van der Waals surface area contributed by atoms with Gasteiger partial charge in [-0.2, -0.15) is 0 Å². The van der Waals surface area contributed by atoms with Gasteiger partial charge in [-0.25, -0.2) is 0 Å². The molecule has 1 aromatic heterocycles. The van der Waals surface area contributed by atoms with Gasteiger partial charge in [0, 0.05) is 15.8 Å². The van der Waals surface area contributed by atoms with Crippen molar-refractivity contribution in [3.63, 3.8) is 0 Å². The number of thiophene rings is 1. The van der Waals surface area contributed by atoms with Gasteiger partial charge in [-0.15, -0.1) is 11.3 Å². The smallest absolute Gasteiger partial charge is 0.244 e. The molecule has 0 radical (unpaired) electrons. The molecule has 1 unspecified atom stereocenters. The SMILES string of the molecule is Cc1ccc(C2NC3(CC3)C(=O)N2C2CCC(O)CC2)s1. The molecule has 1 amide bonds. The Morgan fingerprint density at radius 1 is 1.29 bits per heavy atom. The summed E-state index contributed by atoms with van der Waals surface area (Å²) < 4.78 is 0. The minimum atomic E-state index is -0.265. The number of aliphatic hydroxyl groups is 1. The maximum Gasteiger partial charge on any atom is 0.244 e. The Labute approximate surface area is 129 Å². The lowest BCUT2D eigenvalue weighted by Crippen LogP contribution is -2.43. The van der Waals surface area contributed by atoms with Gasteiger partial charge >= 0.3 is 0 Å². The second-order valence-electron chi connectivity index (χ2n) is 6.75. The molecular weight excluding hydrogens is 284 g/mol. The Balaban J connectivity index is 1.63. The molecule has 2 aliphatic carbocycles. The number of aliphatic hydroxyl groups excluding tert-OH is 1. The normalized spacial score (nSPS) is 34.7. The quantitative estimate of drug-likeness (QED) is 0.882. The number of rotatable bonds is 2. The molecular formula is C16H22N2O2S. The van der Waals surface area contributed by atoms with Gasteiger partial charge < -0.3 is 10.0 Å². The molecule has 4 nitrogen and oxygen atoms in total. The van der Waals surface area contributed by atoms with E-state index in [0.29, 0.717) is 5.91 Å². The summed E-state index contributed by atoms with van der Waals surface area (Å²) in [7, 11) is 0. The summed E-state index contributed by atoms with van der Waals surface area (Å²) in [6, 6.07) is 4.56. The molecule has 1 spiro atoms. The van der Waals surface area contributed by atoms with Crippen LogP contribution in [0.4, 0.5) is 0 Å². The highest BCUT2D eigenvalue weighted by molar-refractivity contribution is 7.12. The molecule has 21 heavy (non-hydrogen) atoms. The fourth-order valence-corrected chi connectivity index (χ4v) is 4.69. The molecule has 1 saturated heterocycles. The van der Waals surface area contributed by atoms with Gasteiger partial charge in [-0.1, -0.05) is 0 Å². The van der Waals surface area contributed by atoms with Crippen molar-refractivity contribution >= 4 is 17.2 Å². The van der Waals surface area contributed by atoms with E-state index in [0.717, 1.165) is 38.5 Å². The highest BCUT2D eigenvalue weighted by atomic mass is 32.1. The van der Waals surface area contributed by atoms with Crippen LogP contribution in [0.3, 0.4) is 0 Å². The Bertz CT molecular complexity index is 558. The third kappa shape index (κ3) is 2.22. The van der Waals surface area contributed by atoms with E-state index in [-0.39, 0.29) is 23.9 Å². The molecule has 2 saturated carbocycles. The van der Waals surface area contributed by atoms with Crippen LogP contribution in [0.15, 0.2) is 12.1 Å². The number of hydrogen-bond donors (Lipinski definition) is 2. The predicted molar refractivity (Wildman–Crippen MR) is 82.0 cm³/mol. The van der Waals surface area contributed by atoms with E-state index in [1.807, 2.05) is 0 Å². The Kier molecular flexibility index (Phi) is 3.14. The molecule has 0 aromatic carbocycles. The van der Waals surface area contributed by atoms with Crippen molar-refractivity contribution in [2.24, 2.45) is 0 Å². The monoisotopic (exact) mass is 306 g/mol. The summed E-state index contributed by atoms with van der Waals surface area (Å²) in [5.41, 5.74) is -0.265. The number of nitrogens with one attached hydrogen (secondary N) is 1. The zero-order valence-corrected chi connectivity index (χ0v) is 13.2. The standard InChI is InChI=1S/C16H22N2O2S/c1-10-2-7-13(21-10)14-17-16(8-9-16)15(20)18(14)11-3-5-12(19)6-4-11/h2,7,11-12,14,17,19H,3-6,8-9H2,1H3. The largest absolute Gasteiger partial charge is 0.393 e. The number of hydrogen-bond acceptors (Lipinski definition) is 4. The third-order valence-electron chi connectivity index (χ3n) is 5.18. The summed E-state index contributed by atoms with van der Waals surface area (Å²) in [6.45, 7) is 2.11. The van der Waals surface area contributed by atoms with E-state index in [1.165, 1.54) is 9.75 Å². The second-order valence-corrected chi connectivity index (χ2v) is 8.07. The summed E-state index contributed by atoms with van der Waals surface area (Å²) >= 11 is 1.78. The van der Waals surface area contributed by atoms with Crippen LogP contribution in [0, 0.1) is 6.92 Å². The van der Waals surface area contributed by atoms with Crippen molar-refractivity contribution < 1.29 is 9.90 Å². The van der Waals surface area contributed by atoms with Crippen LogP contribution in [0.5, 0.6) is 0 Å². The molecule has 5 heteroatoms. The van der Waals surface area contributed by atoms with Crippen molar-refractivity contribution in [2.75, 3.05) is 0 Å². The maximum atomic E-state index is 12.9. The predicted octanol–water partition coefficient (Wildman–Crippen LogP) is 2.32. The van der Waals surface area contributed by atoms with Gasteiger partial charge in [-0.05, 0) is 57.6 Å². The lowest BCUT2D eigenvalue weighted by atomic mass is 9.91. The lowest BCUT2D eigenvalue weighted by molar-refractivity contribution is -0.134. The van der Waals surface area contributed by atoms with Crippen LogP contribution in [0.2, 0.25) is 0 Å². The fraction of sp³-hybridized carbons (Fsp3) is 0.688. The average Bonchev–Trinajstić information content (AvgIpc) is 3.04. The minimum Gasteiger partial charge on any atom is -0.393 e. The second kappa shape index (κ2) is 4.80. The summed E-state index contributed by atoms with van der Waals surface area (Å²) in [5, 5.41) is 13.3. The number of carbonyl (C=O) groups excluding carboxylic acids is 1. The molecule has 4 rings (SSSR count). The summed E-state index contributed by atoms with van der Waals surface area (Å²) in [6.07, 6.45) is 5.28. The molecule has 1 aliphatic heterocycles. The maximum absolute atomic E-state index is 12.9. The van der Waals surface area contributed by atoms with Crippen LogP contribution < -0.4 is 5.32 Å². The van der Waals surface area contributed by atoms with E-state index in [1.54, 1.807) is 11.3 Å². The first kappa shape index (κ1) is 13.7. The lowest BCUT2D eigenvalue weighted by Gasteiger charge is -2.36. The molecule has 0 bridgehead atoms. The van der Waals surface area contributed by atoms with Crippen LogP contribution in [0.1, 0.15) is 54.4 Å². The molecule has 3 aliphatic rings. The van der Waals surface area contributed by atoms with Gasteiger partial charge in [0.05, 0.1) is 6.10 Å². The molecule has 2 heterocycles. The number of nitrogens with zero attached hydrogens (tertiary/aromatic N) is 1. The van der Waals surface area contributed by atoms with E-state index >= 15 is 0 Å². The first-order valence-electron chi connectivity index (χ1n) is 7.94. The van der Waals surface area contributed by atoms with Crippen molar-refractivity contribution in [2.45, 2.75) is 69.3 Å². The summed E-state index contributed by atoms with van der Waals surface area (Å²) in [5.74, 6) is 0.292. The van der Waals surface area contributed by atoms with Crippen LogP contribution >= 0.6 is 11.3 Å². The third-order valence-corrected chi connectivity index (χ3v) is 6.23. The van der Waals surface area contributed by atoms with Gasteiger partial charge in [0.15, 0.2) is 0 Å². The van der Waals surface area contributed by atoms with Gasteiger partial charge in [-0.3, -0.25) is 10.1 Å². The minimum absolute atomic E-state index is 0.0407. The number of aryl methyl sites for hydroxylation is 1. The van der Waals surface area contributed by atoms with Gasteiger partial charge in [0.25, 0.3) is 0 Å². The topological polar surface area (TPSA) is 52.6 Å².